The third kappa shape index (κ3) is 4.68. The van der Waals surface area contributed by atoms with Crippen LogP contribution in [0.25, 0.3) is 0 Å². The van der Waals surface area contributed by atoms with Gasteiger partial charge in [0.15, 0.2) is 6.54 Å². The first kappa shape index (κ1) is 21.1. The topological polar surface area (TPSA) is 71.4 Å². The molecule has 0 bridgehead atoms. The van der Waals surface area contributed by atoms with E-state index in [2.05, 4.69) is 0 Å². The standard InChI is InChI=1S/C18H25F2N3O4S/c1-13-10-22(11-14(2)27-13)18(24)12-21-5-7-23(8-6-21)28(25,26)17-4-3-15(19)9-16(17)20/h3-4,9,13-14H,5-8,10-12H2,1-2H3/p+1/t13-,14-/m1/s1. The highest BCUT2D eigenvalue weighted by molar-refractivity contribution is 7.89. The van der Waals surface area contributed by atoms with E-state index >= 15 is 0 Å². The van der Waals surface area contributed by atoms with Gasteiger partial charge in [0.2, 0.25) is 10.0 Å². The van der Waals surface area contributed by atoms with Gasteiger partial charge in [-0.25, -0.2) is 17.2 Å². The molecule has 0 aliphatic carbocycles. The summed E-state index contributed by atoms with van der Waals surface area (Å²) in [5.41, 5.74) is 0. The van der Waals surface area contributed by atoms with E-state index in [0.717, 1.165) is 17.0 Å². The number of sulfonamides is 1. The van der Waals surface area contributed by atoms with Gasteiger partial charge in [0.25, 0.3) is 5.91 Å². The van der Waals surface area contributed by atoms with Crippen molar-refractivity contribution in [3.63, 3.8) is 0 Å². The zero-order valence-corrected chi connectivity index (χ0v) is 16.8. The van der Waals surface area contributed by atoms with Crippen LogP contribution in [0.2, 0.25) is 0 Å². The molecule has 0 aromatic heterocycles. The second kappa shape index (κ2) is 8.40. The number of hydrogen-bond acceptors (Lipinski definition) is 4. The number of piperazine rings is 1. The Morgan fingerprint density at radius 2 is 1.79 bits per heavy atom. The molecule has 2 aliphatic heterocycles. The number of carbonyl (C=O) groups is 1. The number of quaternary nitrogens is 1. The highest BCUT2D eigenvalue weighted by Gasteiger charge is 2.34. The van der Waals surface area contributed by atoms with Gasteiger partial charge in [-0.3, -0.25) is 4.79 Å². The molecule has 28 heavy (non-hydrogen) atoms. The molecule has 2 saturated heterocycles. The van der Waals surface area contributed by atoms with Crippen LogP contribution in [0.4, 0.5) is 8.78 Å². The van der Waals surface area contributed by atoms with Gasteiger partial charge in [-0.2, -0.15) is 4.31 Å². The van der Waals surface area contributed by atoms with Crippen LogP contribution in [-0.2, 0) is 19.6 Å². The first-order valence-corrected chi connectivity index (χ1v) is 10.8. The fourth-order valence-corrected chi connectivity index (χ4v) is 5.24. The second-order valence-corrected chi connectivity index (χ2v) is 9.37. The van der Waals surface area contributed by atoms with Crippen LogP contribution in [0.1, 0.15) is 13.8 Å². The summed E-state index contributed by atoms with van der Waals surface area (Å²) in [6.45, 7) is 6.52. The second-order valence-electron chi connectivity index (χ2n) is 7.46. The maximum Gasteiger partial charge on any atom is 0.277 e. The van der Waals surface area contributed by atoms with Crippen molar-refractivity contribution in [2.24, 2.45) is 0 Å². The van der Waals surface area contributed by atoms with Crippen molar-refractivity contribution >= 4 is 15.9 Å². The summed E-state index contributed by atoms with van der Waals surface area (Å²) in [5, 5.41) is 0. The molecule has 2 atom stereocenters. The van der Waals surface area contributed by atoms with E-state index < -0.39 is 26.6 Å². The van der Waals surface area contributed by atoms with Crippen LogP contribution >= 0.6 is 0 Å². The van der Waals surface area contributed by atoms with Crippen LogP contribution in [0.5, 0.6) is 0 Å². The molecule has 2 heterocycles. The van der Waals surface area contributed by atoms with Crippen molar-refractivity contribution in [3.05, 3.63) is 29.8 Å². The third-order valence-corrected chi connectivity index (χ3v) is 7.05. The predicted molar refractivity (Wildman–Crippen MR) is 97.3 cm³/mol. The van der Waals surface area contributed by atoms with Crippen molar-refractivity contribution < 1.29 is 31.6 Å². The number of ether oxygens (including phenoxy) is 1. The summed E-state index contributed by atoms with van der Waals surface area (Å²) in [5.74, 6) is -1.89. The van der Waals surface area contributed by atoms with Gasteiger partial charge in [-0.1, -0.05) is 0 Å². The lowest BCUT2D eigenvalue weighted by Crippen LogP contribution is -3.15. The lowest BCUT2D eigenvalue weighted by atomic mass is 10.2. The number of carbonyl (C=O) groups excluding carboxylic acids is 1. The maximum absolute atomic E-state index is 13.9. The van der Waals surface area contributed by atoms with Gasteiger partial charge in [-0.05, 0) is 26.0 Å². The predicted octanol–water partition coefficient (Wildman–Crippen LogP) is -0.510. The van der Waals surface area contributed by atoms with E-state index in [-0.39, 0.29) is 37.7 Å². The van der Waals surface area contributed by atoms with Crippen molar-refractivity contribution in [2.45, 2.75) is 31.0 Å². The molecule has 1 N–H and O–H groups in total. The molecule has 0 saturated carbocycles. The minimum atomic E-state index is -4.03. The minimum Gasteiger partial charge on any atom is -0.372 e. The monoisotopic (exact) mass is 418 g/mol. The molecule has 1 amide bonds. The Hall–Kier alpha value is -1.62. The van der Waals surface area contributed by atoms with Gasteiger partial charge in [0.05, 0.1) is 38.4 Å². The van der Waals surface area contributed by atoms with Crippen molar-refractivity contribution in [3.8, 4) is 0 Å². The van der Waals surface area contributed by atoms with Crippen LogP contribution in [0.3, 0.4) is 0 Å². The number of amides is 1. The maximum atomic E-state index is 13.9. The molecule has 0 spiro atoms. The van der Waals surface area contributed by atoms with Crippen LogP contribution < -0.4 is 4.90 Å². The van der Waals surface area contributed by atoms with Crippen LogP contribution in [0.15, 0.2) is 23.1 Å². The van der Waals surface area contributed by atoms with Gasteiger partial charge < -0.3 is 14.5 Å². The summed E-state index contributed by atoms with van der Waals surface area (Å²) < 4.78 is 59.1. The van der Waals surface area contributed by atoms with E-state index in [9.17, 15) is 22.0 Å². The van der Waals surface area contributed by atoms with E-state index in [0.29, 0.717) is 32.2 Å². The molecule has 0 unspecified atom stereocenters. The Labute approximate surface area is 163 Å². The fourth-order valence-electron chi connectivity index (χ4n) is 3.75. The number of morpholine rings is 1. The number of halogens is 2. The largest absolute Gasteiger partial charge is 0.372 e. The molecule has 1 aromatic carbocycles. The summed E-state index contributed by atoms with van der Waals surface area (Å²) in [6.07, 6.45) is -0.00871. The molecule has 7 nitrogen and oxygen atoms in total. The normalized spacial score (nSPS) is 25.1. The number of nitrogens with zero attached hydrogens (tertiary/aromatic N) is 2. The number of hydrogen-bond donors (Lipinski definition) is 1. The molecular weight excluding hydrogens is 392 g/mol. The van der Waals surface area contributed by atoms with E-state index in [4.69, 9.17) is 4.74 Å². The fraction of sp³-hybridized carbons (Fsp3) is 0.611. The van der Waals surface area contributed by atoms with E-state index in [1.54, 1.807) is 4.90 Å². The lowest BCUT2D eigenvalue weighted by Gasteiger charge is -2.37. The summed E-state index contributed by atoms with van der Waals surface area (Å²) in [7, 11) is -4.03. The Morgan fingerprint density at radius 1 is 1.18 bits per heavy atom. The molecule has 3 rings (SSSR count). The van der Waals surface area contributed by atoms with Gasteiger partial charge >= 0.3 is 0 Å². The highest BCUT2D eigenvalue weighted by atomic mass is 32.2. The van der Waals surface area contributed by atoms with E-state index in [1.165, 1.54) is 4.31 Å². The molecule has 2 fully saturated rings. The molecule has 0 radical (unpaired) electrons. The van der Waals surface area contributed by atoms with Crippen LogP contribution in [-0.4, -0.2) is 81.6 Å². The Balaban J connectivity index is 1.57. The first-order valence-electron chi connectivity index (χ1n) is 9.39. The molecule has 2 aliphatic rings. The van der Waals surface area contributed by atoms with E-state index in [1.807, 2.05) is 13.8 Å². The average molecular weight is 418 g/mol. The summed E-state index contributed by atoms with van der Waals surface area (Å²) in [4.78, 5) is 14.8. The van der Waals surface area contributed by atoms with Gasteiger partial charge in [0.1, 0.15) is 16.5 Å². The Bertz CT molecular complexity index is 818. The van der Waals surface area contributed by atoms with Gasteiger partial charge in [0, 0.05) is 19.2 Å². The number of benzene rings is 1. The lowest BCUT2D eigenvalue weighted by molar-refractivity contribution is -0.896. The van der Waals surface area contributed by atoms with Crippen molar-refractivity contribution in [1.29, 1.82) is 0 Å². The number of rotatable bonds is 4. The minimum absolute atomic E-state index is 0.00436. The average Bonchev–Trinajstić information content (AvgIpc) is 2.61. The highest BCUT2D eigenvalue weighted by Crippen LogP contribution is 2.20. The third-order valence-electron chi connectivity index (χ3n) is 5.11. The zero-order chi connectivity index (χ0) is 20.5. The zero-order valence-electron chi connectivity index (χ0n) is 16.0. The first-order chi connectivity index (χ1) is 13.2. The SMILES string of the molecule is C[C@@H]1CN(C(=O)C[NH+]2CCN(S(=O)(=O)c3ccc(F)cc3F)CC2)C[C@@H](C)O1. The molecule has 1 aromatic rings. The molecule has 156 valence electrons. The number of nitrogens with one attached hydrogen (secondary N) is 1. The summed E-state index contributed by atoms with van der Waals surface area (Å²) >= 11 is 0. The van der Waals surface area contributed by atoms with Crippen molar-refractivity contribution in [2.75, 3.05) is 45.8 Å². The Morgan fingerprint density at radius 3 is 2.36 bits per heavy atom. The quantitative estimate of drug-likeness (QED) is 0.715. The van der Waals surface area contributed by atoms with Crippen molar-refractivity contribution in [1.82, 2.24) is 9.21 Å². The molecular formula is C18H26F2N3O4S+. The molecule has 10 heteroatoms. The summed E-state index contributed by atoms with van der Waals surface area (Å²) in [6, 6.07) is 2.45. The van der Waals surface area contributed by atoms with Crippen LogP contribution in [0, 0.1) is 11.6 Å². The smallest absolute Gasteiger partial charge is 0.277 e. The van der Waals surface area contributed by atoms with Gasteiger partial charge in [-0.15, -0.1) is 0 Å². The Kier molecular flexibility index (Phi) is 6.33.